The molecule has 0 N–H and O–H groups in total. The van der Waals surface area contributed by atoms with Gasteiger partial charge in [0.1, 0.15) is 11.1 Å². The maximum absolute atomic E-state index is 13.0. The number of imidazole rings is 1. The summed E-state index contributed by atoms with van der Waals surface area (Å²) in [7, 11) is -4.10. The molecular formula is C14H17N3O4S. The first-order valence-electron chi connectivity index (χ1n) is 6.60. The molecule has 0 aliphatic rings. The van der Waals surface area contributed by atoms with Crippen LogP contribution in [0.25, 0.3) is 0 Å². The number of nitrogens with zero attached hydrogens (tertiary/aromatic N) is 3. The summed E-state index contributed by atoms with van der Waals surface area (Å²) in [6.45, 7) is 8.46. The van der Waals surface area contributed by atoms with Crippen molar-refractivity contribution < 1.29 is 13.3 Å². The van der Waals surface area contributed by atoms with E-state index in [9.17, 15) is 18.5 Å². The Morgan fingerprint density at radius 2 is 1.59 bits per heavy atom. The highest BCUT2D eigenvalue weighted by atomic mass is 32.2. The molecule has 2 rings (SSSR count). The van der Waals surface area contributed by atoms with E-state index in [0.29, 0.717) is 15.1 Å². The standard InChI is InChI=1S/C14H17N3O4S/c1-8-6-9(2)11(4)14(10(8)3)22(20,21)16-12(5)15-7-13(16)17(18)19/h6-7H,1-5H3. The molecule has 0 saturated carbocycles. The van der Waals surface area contributed by atoms with Crippen LogP contribution in [0.2, 0.25) is 0 Å². The Bertz CT molecular complexity index is 856. The van der Waals surface area contributed by atoms with Crippen LogP contribution in [0.4, 0.5) is 5.82 Å². The Morgan fingerprint density at radius 1 is 1.09 bits per heavy atom. The van der Waals surface area contributed by atoms with Gasteiger partial charge in [-0.2, -0.15) is 8.42 Å². The molecule has 1 aromatic carbocycles. The average molecular weight is 323 g/mol. The Kier molecular flexibility index (Phi) is 3.82. The Balaban J connectivity index is 2.89. The summed E-state index contributed by atoms with van der Waals surface area (Å²) in [5.74, 6) is -0.500. The van der Waals surface area contributed by atoms with Gasteiger partial charge in [-0.3, -0.25) is 0 Å². The van der Waals surface area contributed by atoms with Gasteiger partial charge in [0.25, 0.3) is 0 Å². The zero-order valence-corrected chi connectivity index (χ0v) is 13.9. The molecule has 22 heavy (non-hydrogen) atoms. The summed E-state index contributed by atoms with van der Waals surface area (Å²) in [6, 6.07) is 1.90. The number of rotatable bonds is 3. The fourth-order valence-corrected chi connectivity index (χ4v) is 4.53. The van der Waals surface area contributed by atoms with Crippen molar-refractivity contribution in [2.24, 2.45) is 0 Å². The SMILES string of the molecule is Cc1cc(C)c(C)c(S(=O)(=O)n2c([N+](=O)[O-])cnc2C)c1C. The molecule has 0 radical (unpaired) electrons. The molecule has 1 heterocycles. The summed E-state index contributed by atoms with van der Waals surface area (Å²) >= 11 is 0. The molecule has 0 spiro atoms. The quantitative estimate of drug-likeness (QED) is 0.639. The predicted octanol–water partition coefficient (Wildman–Crippen LogP) is 2.57. The lowest BCUT2D eigenvalue weighted by Gasteiger charge is -2.14. The van der Waals surface area contributed by atoms with Gasteiger partial charge in [-0.1, -0.05) is 10.0 Å². The summed E-state index contributed by atoms with van der Waals surface area (Å²) in [4.78, 5) is 14.2. The molecule has 8 heteroatoms. The first kappa shape index (κ1) is 16.2. The van der Waals surface area contributed by atoms with Crippen LogP contribution in [0, 0.1) is 44.7 Å². The summed E-state index contributed by atoms with van der Waals surface area (Å²) in [5.41, 5.74) is 2.82. The molecule has 7 nitrogen and oxygen atoms in total. The molecule has 1 aromatic heterocycles. The maximum atomic E-state index is 13.0. The van der Waals surface area contributed by atoms with Gasteiger partial charge >= 0.3 is 15.8 Å². The molecule has 0 aliphatic heterocycles. The zero-order valence-electron chi connectivity index (χ0n) is 13.0. The second-order valence-electron chi connectivity index (χ2n) is 5.28. The van der Waals surface area contributed by atoms with Crippen molar-refractivity contribution in [2.75, 3.05) is 0 Å². The average Bonchev–Trinajstić information content (AvgIpc) is 2.79. The Hall–Kier alpha value is -2.22. The zero-order chi connectivity index (χ0) is 16.8. The van der Waals surface area contributed by atoms with E-state index in [2.05, 4.69) is 4.98 Å². The Labute approximate surface area is 128 Å². The van der Waals surface area contributed by atoms with E-state index in [-0.39, 0.29) is 10.7 Å². The second-order valence-corrected chi connectivity index (χ2v) is 7.00. The second kappa shape index (κ2) is 5.20. The third-order valence-electron chi connectivity index (χ3n) is 3.85. The van der Waals surface area contributed by atoms with E-state index in [1.165, 1.54) is 6.92 Å². The van der Waals surface area contributed by atoms with Crippen molar-refractivity contribution in [3.63, 3.8) is 0 Å². The third kappa shape index (κ3) is 2.29. The highest BCUT2D eigenvalue weighted by molar-refractivity contribution is 7.90. The normalized spacial score (nSPS) is 11.7. The fourth-order valence-electron chi connectivity index (χ4n) is 2.50. The van der Waals surface area contributed by atoms with Crippen LogP contribution in [-0.2, 0) is 10.0 Å². The summed E-state index contributed by atoms with van der Waals surface area (Å²) < 4.78 is 26.7. The van der Waals surface area contributed by atoms with Crippen molar-refractivity contribution in [1.29, 1.82) is 0 Å². The van der Waals surface area contributed by atoms with Gasteiger partial charge in [0.2, 0.25) is 5.82 Å². The number of nitro groups is 1. The molecule has 0 bridgehead atoms. The van der Waals surface area contributed by atoms with E-state index in [0.717, 1.165) is 17.3 Å². The molecule has 0 amide bonds. The first-order chi connectivity index (χ1) is 10.1. The largest absolute Gasteiger partial charge is 0.358 e. The van der Waals surface area contributed by atoms with Crippen molar-refractivity contribution in [3.05, 3.63) is 50.5 Å². The van der Waals surface area contributed by atoms with Crippen LogP contribution in [0.1, 0.15) is 28.1 Å². The first-order valence-corrected chi connectivity index (χ1v) is 8.04. The van der Waals surface area contributed by atoms with E-state index in [1.54, 1.807) is 13.8 Å². The minimum Gasteiger partial charge on any atom is -0.358 e. The monoisotopic (exact) mass is 323 g/mol. The van der Waals surface area contributed by atoms with Crippen molar-refractivity contribution in [1.82, 2.24) is 8.96 Å². The minimum absolute atomic E-state index is 0.0599. The van der Waals surface area contributed by atoms with Gasteiger partial charge < -0.3 is 10.1 Å². The van der Waals surface area contributed by atoms with Gasteiger partial charge in [0.05, 0.1) is 0 Å². The highest BCUT2D eigenvalue weighted by Crippen LogP contribution is 2.30. The van der Waals surface area contributed by atoms with Crippen molar-refractivity contribution in [3.8, 4) is 0 Å². The molecule has 0 unspecified atom stereocenters. The smallest absolute Gasteiger partial charge is 0.358 e. The van der Waals surface area contributed by atoms with Gasteiger partial charge in [-0.05, 0) is 54.9 Å². The molecule has 118 valence electrons. The van der Waals surface area contributed by atoms with Crippen molar-refractivity contribution in [2.45, 2.75) is 39.5 Å². The van der Waals surface area contributed by atoms with Gasteiger partial charge in [0.15, 0.2) is 0 Å². The topological polar surface area (TPSA) is 95.1 Å². The lowest BCUT2D eigenvalue weighted by Crippen LogP contribution is -2.19. The Morgan fingerprint density at radius 3 is 2.05 bits per heavy atom. The number of hydrogen-bond donors (Lipinski definition) is 0. The van der Waals surface area contributed by atoms with Crippen LogP contribution in [-0.4, -0.2) is 22.3 Å². The summed E-state index contributed by atoms with van der Waals surface area (Å²) in [6.07, 6.45) is 0.959. The van der Waals surface area contributed by atoms with Gasteiger partial charge in [-0.25, -0.2) is 4.98 Å². The molecule has 2 aromatic rings. The lowest BCUT2D eigenvalue weighted by atomic mass is 10.0. The summed E-state index contributed by atoms with van der Waals surface area (Å²) in [5, 5.41) is 11.1. The number of aromatic nitrogens is 2. The minimum atomic E-state index is -4.10. The van der Waals surface area contributed by atoms with Crippen molar-refractivity contribution >= 4 is 15.8 Å². The van der Waals surface area contributed by atoms with E-state index >= 15 is 0 Å². The van der Waals surface area contributed by atoms with E-state index < -0.39 is 20.8 Å². The van der Waals surface area contributed by atoms with E-state index in [1.807, 2.05) is 19.9 Å². The van der Waals surface area contributed by atoms with Crippen LogP contribution in [0.15, 0.2) is 17.2 Å². The highest BCUT2D eigenvalue weighted by Gasteiger charge is 2.34. The van der Waals surface area contributed by atoms with Crippen LogP contribution < -0.4 is 0 Å². The molecule has 0 atom stereocenters. The third-order valence-corrected chi connectivity index (χ3v) is 5.91. The number of hydrogen-bond acceptors (Lipinski definition) is 5. The molecule has 0 fully saturated rings. The maximum Gasteiger partial charge on any atom is 0.358 e. The van der Waals surface area contributed by atoms with Crippen LogP contribution >= 0.6 is 0 Å². The number of benzene rings is 1. The van der Waals surface area contributed by atoms with Crippen LogP contribution in [0.3, 0.4) is 0 Å². The molecular weight excluding hydrogens is 306 g/mol. The molecule has 0 saturated heterocycles. The number of aryl methyl sites for hydroxylation is 3. The van der Waals surface area contributed by atoms with Crippen LogP contribution in [0.5, 0.6) is 0 Å². The van der Waals surface area contributed by atoms with E-state index in [4.69, 9.17) is 0 Å². The fraction of sp³-hybridized carbons (Fsp3) is 0.357. The van der Waals surface area contributed by atoms with Gasteiger partial charge in [0, 0.05) is 6.92 Å². The predicted molar refractivity (Wildman–Crippen MR) is 81.6 cm³/mol. The lowest BCUT2D eigenvalue weighted by molar-refractivity contribution is -0.390. The van der Waals surface area contributed by atoms with Gasteiger partial charge in [-0.15, -0.1) is 0 Å². The molecule has 0 aliphatic carbocycles.